The van der Waals surface area contributed by atoms with Gasteiger partial charge in [0.05, 0.1) is 15.7 Å². The lowest BCUT2D eigenvalue weighted by Crippen LogP contribution is -2.52. The summed E-state index contributed by atoms with van der Waals surface area (Å²) in [7, 11) is 0. The molecule has 0 unspecified atom stereocenters. The van der Waals surface area contributed by atoms with E-state index in [-0.39, 0.29) is 34.1 Å². The van der Waals surface area contributed by atoms with Crippen LogP contribution in [0, 0.1) is 21.0 Å². The summed E-state index contributed by atoms with van der Waals surface area (Å²) in [5.41, 5.74) is -0.528. The predicted octanol–water partition coefficient (Wildman–Crippen LogP) is 1.47. The van der Waals surface area contributed by atoms with Crippen molar-refractivity contribution in [3.05, 3.63) is 32.1 Å². The number of imide groups is 1. The molecule has 1 aromatic carbocycles. The van der Waals surface area contributed by atoms with E-state index in [9.17, 15) is 27.6 Å². The number of amides is 3. The van der Waals surface area contributed by atoms with Crippen molar-refractivity contribution < 1.29 is 27.6 Å². The molecule has 1 N–H and O–H groups in total. The normalized spacial score (nSPS) is 21.2. The first-order chi connectivity index (χ1) is 10.3. The van der Waals surface area contributed by atoms with Crippen LogP contribution in [0.25, 0.3) is 0 Å². The molecule has 0 spiro atoms. The minimum absolute atomic E-state index is 0.0405. The Labute approximate surface area is 136 Å². The van der Waals surface area contributed by atoms with Crippen molar-refractivity contribution in [3.8, 4) is 0 Å². The second-order valence-electron chi connectivity index (χ2n) is 5.01. The summed E-state index contributed by atoms with van der Waals surface area (Å²) in [6, 6.07) is -0.959. The zero-order valence-corrected chi connectivity index (χ0v) is 13.0. The maximum atomic E-state index is 13.9. The average Bonchev–Trinajstić information content (AvgIpc) is 2.81. The minimum Gasteiger partial charge on any atom is -0.322 e. The Kier molecular flexibility index (Phi) is 3.62. The van der Waals surface area contributed by atoms with Crippen LogP contribution in [0.2, 0.25) is 0 Å². The first kappa shape index (κ1) is 15.3. The van der Waals surface area contributed by atoms with Gasteiger partial charge in [-0.15, -0.1) is 0 Å². The zero-order chi connectivity index (χ0) is 16.2. The predicted molar refractivity (Wildman–Crippen MR) is 75.1 cm³/mol. The van der Waals surface area contributed by atoms with Crippen LogP contribution < -0.4 is 5.32 Å². The summed E-state index contributed by atoms with van der Waals surface area (Å²) in [4.78, 5) is 36.4. The number of nitrogens with one attached hydrogen (secondary N) is 1. The van der Waals surface area contributed by atoms with Crippen LogP contribution in [0.4, 0.5) is 13.2 Å². The van der Waals surface area contributed by atoms with Crippen molar-refractivity contribution in [2.45, 2.75) is 25.4 Å². The quantitative estimate of drug-likeness (QED) is 0.322. The number of hydrogen-bond donors (Lipinski definition) is 1. The van der Waals surface area contributed by atoms with Crippen LogP contribution in [-0.4, -0.2) is 28.7 Å². The lowest BCUT2D eigenvalue weighted by atomic mass is 10.0. The van der Waals surface area contributed by atoms with E-state index in [0.717, 1.165) is 4.90 Å². The topological polar surface area (TPSA) is 66.5 Å². The summed E-state index contributed by atoms with van der Waals surface area (Å²) in [5.74, 6) is -6.35. The number of benzene rings is 1. The number of rotatable bonds is 1. The summed E-state index contributed by atoms with van der Waals surface area (Å²) >= 11 is 1.43. The number of hydrogen-bond acceptors (Lipinski definition) is 3. The summed E-state index contributed by atoms with van der Waals surface area (Å²) < 4.78 is 40.6. The molecule has 5 nitrogen and oxygen atoms in total. The fourth-order valence-corrected chi connectivity index (χ4v) is 3.46. The van der Waals surface area contributed by atoms with Gasteiger partial charge < -0.3 is 4.90 Å². The molecule has 1 aromatic rings. The molecule has 1 saturated heterocycles. The lowest BCUT2D eigenvalue weighted by molar-refractivity contribution is -0.136. The Morgan fingerprint density at radius 1 is 1.09 bits per heavy atom. The smallest absolute Gasteiger partial charge is 0.256 e. The van der Waals surface area contributed by atoms with Gasteiger partial charge in [-0.25, -0.2) is 13.2 Å². The zero-order valence-electron chi connectivity index (χ0n) is 10.9. The van der Waals surface area contributed by atoms with E-state index < -0.39 is 41.2 Å². The Morgan fingerprint density at radius 2 is 1.77 bits per heavy atom. The molecule has 2 heterocycles. The van der Waals surface area contributed by atoms with Crippen LogP contribution >= 0.6 is 22.6 Å². The van der Waals surface area contributed by atoms with E-state index in [4.69, 9.17) is 0 Å². The highest BCUT2D eigenvalue weighted by Gasteiger charge is 2.42. The molecular formula is C13H8F3IN2O3. The molecular weight excluding hydrogens is 416 g/mol. The number of halogens is 4. The average molecular weight is 424 g/mol. The van der Waals surface area contributed by atoms with Crippen molar-refractivity contribution in [2.75, 3.05) is 0 Å². The highest BCUT2D eigenvalue weighted by atomic mass is 127. The number of carbonyl (C=O) groups is 3. The molecule has 0 aromatic heterocycles. The van der Waals surface area contributed by atoms with Gasteiger partial charge in [0.15, 0.2) is 17.5 Å². The molecule has 1 atom stereocenters. The number of piperidine rings is 1. The number of carbonyl (C=O) groups excluding carboxylic acids is 3. The van der Waals surface area contributed by atoms with Gasteiger partial charge in [0.25, 0.3) is 5.91 Å². The molecule has 116 valence electrons. The molecule has 1 fully saturated rings. The van der Waals surface area contributed by atoms with Crippen molar-refractivity contribution in [1.82, 2.24) is 10.2 Å². The van der Waals surface area contributed by atoms with Crippen LogP contribution in [0.1, 0.15) is 28.8 Å². The van der Waals surface area contributed by atoms with Crippen LogP contribution in [0.15, 0.2) is 0 Å². The van der Waals surface area contributed by atoms with E-state index in [1.807, 2.05) is 0 Å². The Bertz CT molecular complexity index is 738. The van der Waals surface area contributed by atoms with Gasteiger partial charge in [0, 0.05) is 12.0 Å². The highest BCUT2D eigenvalue weighted by Crippen LogP contribution is 2.35. The number of fused-ring (bicyclic) bond motifs is 1. The molecule has 9 heteroatoms. The Balaban J connectivity index is 2.02. The van der Waals surface area contributed by atoms with E-state index >= 15 is 0 Å². The second kappa shape index (κ2) is 5.21. The van der Waals surface area contributed by atoms with Crippen molar-refractivity contribution in [2.24, 2.45) is 0 Å². The van der Waals surface area contributed by atoms with Crippen molar-refractivity contribution >= 4 is 40.3 Å². The van der Waals surface area contributed by atoms with E-state index in [1.165, 1.54) is 22.6 Å². The third-order valence-corrected chi connectivity index (χ3v) is 4.77. The molecule has 3 rings (SSSR count). The lowest BCUT2D eigenvalue weighted by Gasteiger charge is -2.29. The Morgan fingerprint density at radius 3 is 2.41 bits per heavy atom. The second-order valence-corrected chi connectivity index (χ2v) is 6.09. The molecule has 0 aliphatic carbocycles. The maximum absolute atomic E-state index is 13.9. The third kappa shape index (κ3) is 2.09. The van der Waals surface area contributed by atoms with Gasteiger partial charge in [-0.05, 0) is 29.0 Å². The van der Waals surface area contributed by atoms with E-state index in [0.29, 0.717) is 0 Å². The molecule has 0 radical (unpaired) electrons. The van der Waals surface area contributed by atoms with Gasteiger partial charge >= 0.3 is 0 Å². The summed E-state index contributed by atoms with van der Waals surface area (Å²) in [5, 5.41) is 2.09. The number of nitrogens with zero attached hydrogens (tertiary/aromatic N) is 1. The standard InChI is InChI=1S/C13H8F3IN2O3/c14-8-4-3-19(5-1-2-6(20)18-12(5)21)13(22)7(4)11(17)10(16)9(8)15/h5H,1-3H2,(H,18,20,21)/t5-/m1/s1. The molecule has 2 aliphatic heterocycles. The van der Waals surface area contributed by atoms with Crippen LogP contribution in [0.3, 0.4) is 0 Å². The van der Waals surface area contributed by atoms with Crippen LogP contribution in [-0.2, 0) is 16.1 Å². The first-order valence-corrected chi connectivity index (χ1v) is 7.40. The molecule has 3 amide bonds. The van der Waals surface area contributed by atoms with Crippen LogP contribution in [0.5, 0.6) is 0 Å². The molecule has 2 aliphatic rings. The largest absolute Gasteiger partial charge is 0.322 e. The maximum Gasteiger partial charge on any atom is 0.256 e. The molecule has 22 heavy (non-hydrogen) atoms. The first-order valence-electron chi connectivity index (χ1n) is 6.32. The van der Waals surface area contributed by atoms with Gasteiger partial charge in [-0.3, -0.25) is 19.7 Å². The van der Waals surface area contributed by atoms with Gasteiger partial charge in [-0.1, -0.05) is 0 Å². The van der Waals surface area contributed by atoms with Crippen molar-refractivity contribution in [1.29, 1.82) is 0 Å². The van der Waals surface area contributed by atoms with E-state index in [2.05, 4.69) is 5.32 Å². The SMILES string of the molecule is O=C1CC[C@@H](N2Cc3c(F)c(F)c(F)c(I)c3C2=O)C(=O)N1. The molecule has 0 saturated carbocycles. The fraction of sp³-hybridized carbons (Fsp3) is 0.308. The fourth-order valence-electron chi connectivity index (χ4n) is 2.67. The monoisotopic (exact) mass is 424 g/mol. The van der Waals surface area contributed by atoms with E-state index in [1.54, 1.807) is 0 Å². The minimum atomic E-state index is -1.64. The third-order valence-electron chi connectivity index (χ3n) is 3.75. The van der Waals surface area contributed by atoms with Crippen molar-refractivity contribution in [3.63, 3.8) is 0 Å². The summed E-state index contributed by atoms with van der Waals surface area (Å²) in [6.07, 6.45) is 0.131. The molecule has 0 bridgehead atoms. The summed E-state index contributed by atoms with van der Waals surface area (Å²) in [6.45, 7) is -0.334. The van der Waals surface area contributed by atoms with Gasteiger partial charge in [0.2, 0.25) is 11.8 Å². The Hall–Kier alpha value is -1.65. The van der Waals surface area contributed by atoms with Gasteiger partial charge in [0.1, 0.15) is 6.04 Å². The van der Waals surface area contributed by atoms with Gasteiger partial charge in [-0.2, -0.15) is 0 Å². The highest BCUT2D eigenvalue weighted by molar-refractivity contribution is 14.1.